The minimum absolute atomic E-state index is 0.184. The van der Waals surface area contributed by atoms with E-state index in [-0.39, 0.29) is 11.5 Å². The Kier molecular flexibility index (Phi) is 3.42. The van der Waals surface area contributed by atoms with Crippen LogP contribution in [0.5, 0.6) is 0 Å². The van der Waals surface area contributed by atoms with Crippen molar-refractivity contribution in [3.63, 3.8) is 0 Å². The Labute approximate surface area is 126 Å². The highest BCUT2D eigenvalue weighted by Crippen LogP contribution is 2.45. The minimum atomic E-state index is -0.423. The third kappa shape index (κ3) is 2.76. The number of hydrogen-bond acceptors (Lipinski definition) is 3. The number of piperidine rings is 1. The summed E-state index contributed by atoms with van der Waals surface area (Å²) in [6, 6.07) is 4.21. The van der Waals surface area contributed by atoms with Gasteiger partial charge in [-0.25, -0.2) is 4.79 Å². The van der Waals surface area contributed by atoms with Gasteiger partial charge in [-0.3, -0.25) is 4.98 Å². The summed E-state index contributed by atoms with van der Waals surface area (Å²) < 4.78 is 5.47. The van der Waals surface area contributed by atoms with E-state index in [0.29, 0.717) is 0 Å². The van der Waals surface area contributed by atoms with E-state index in [1.807, 2.05) is 37.9 Å². The van der Waals surface area contributed by atoms with Crippen molar-refractivity contribution >= 4 is 6.09 Å². The number of nitrogens with zero attached hydrogens (tertiary/aromatic N) is 2. The van der Waals surface area contributed by atoms with Gasteiger partial charge < -0.3 is 9.64 Å². The molecule has 1 aliphatic carbocycles. The molecule has 4 heteroatoms. The molecule has 21 heavy (non-hydrogen) atoms. The fourth-order valence-corrected chi connectivity index (χ4v) is 3.54. The lowest BCUT2D eigenvalue weighted by atomic mass is 9.76. The van der Waals surface area contributed by atoms with Crippen molar-refractivity contribution in [2.75, 3.05) is 13.1 Å². The molecule has 0 aromatic carbocycles. The van der Waals surface area contributed by atoms with Crippen LogP contribution in [0.1, 0.15) is 51.3 Å². The van der Waals surface area contributed by atoms with Crippen molar-refractivity contribution in [1.82, 2.24) is 9.88 Å². The van der Waals surface area contributed by atoms with Gasteiger partial charge in [-0.15, -0.1) is 0 Å². The van der Waals surface area contributed by atoms with Gasteiger partial charge in [0, 0.05) is 30.4 Å². The van der Waals surface area contributed by atoms with Gasteiger partial charge in [0.1, 0.15) is 5.60 Å². The van der Waals surface area contributed by atoms with Crippen molar-refractivity contribution in [2.45, 2.75) is 57.5 Å². The lowest BCUT2D eigenvalue weighted by Gasteiger charge is -2.39. The molecule has 0 saturated carbocycles. The van der Waals surface area contributed by atoms with Crippen LogP contribution in [0.15, 0.2) is 18.3 Å². The van der Waals surface area contributed by atoms with Crippen LogP contribution >= 0.6 is 0 Å². The van der Waals surface area contributed by atoms with Crippen molar-refractivity contribution in [3.8, 4) is 0 Å². The maximum absolute atomic E-state index is 12.2. The molecule has 114 valence electrons. The van der Waals surface area contributed by atoms with Gasteiger partial charge in [-0.2, -0.15) is 0 Å². The Bertz CT molecular complexity index is 540. The van der Waals surface area contributed by atoms with Crippen molar-refractivity contribution in [2.24, 2.45) is 0 Å². The van der Waals surface area contributed by atoms with Crippen LogP contribution in [0, 0.1) is 0 Å². The van der Waals surface area contributed by atoms with Gasteiger partial charge in [0.2, 0.25) is 0 Å². The van der Waals surface area contributed by atoms with Crippen LogP contribution in [0.25, 0.3) is 0 Å². The van der Waals surface area contributed by atoms with E-state index in [1.54, 1.807) is 0 Å². The van der Waals surface area contributed by atoms with E-state index in [1.165, 1.54) is 17.7 Å². The maximum atomic E-state index is 12.2. The number of pyridine rings is 1. The highest BCUT2D eigenvalue weighted by Gasteiger charge is 2.43. The zero-order valence-corrected chi connectivity index (χ0v) is 13.2. The van der Waals surface area contributed by atoms with Gasteiger partial charge in [0.05, 0.1) is 0 Å². The Balaban J connectivity index is 1.68. The van der Waals surface area contributed by atoms with Gasteiger partial charge >= 0.3 is 6.09 Å². The van der Waals surface area contributed by atoms with Crippen LogP contribution in [-0.4, -0.2) is 34.7 Å². The molecule has 1 spiro atoms. The smallest absolute Gasteiger partial charge is 0.410 e. The first kappa shape index (κ1) is 14.4. The van der Waals surface area contributed by atoms with Crippen LogP contribution in [0.4, 0.5) is 4.79 Å². The van der Waals surface area contributed by atoms with Gasteiger partial charge in [0.15, 0.2) is 0 Å². The van der Waals surface area contributed by atoms with Crippen molar-refractivity contribution < 1.29 is 9.53 Å². The van der Waals surface area contributed by atoms with E-state index in [4.69, 9.17) is 4.74 Å². The minimum Gasteiger partial charge on any atom is -0.444 e. The molecule has 1 fully saturated rings. The number of aromatic nitrogens is 1. The first-order valence-corrected chi connectivity index (χ1v) is 7.82. The molecule has 1 amide bonds. The summed E-state index contributed by atoms with van der Waals surface area (Å²) in [5.41, 5.74) is 2.43. The maximum Gasteiger partial charge on any atom is 0.410 e. The number of fused-ring (bicyclic) bond motifs is 2. The molecule has 0 radical (unpaired) electrons. The standard InChI is InChI=1S/C17H24N2O2/c1-16(2,3)21-15(20)19-11-8-17(9-12-19)7-6-13-5-4-10-18-14(13)17/h4-5,10H,6-9,11-12H2,1-3H3. The quantitative estimate of drug-likeness (QED) is 0.735. The van der Waals surface area contributed by atoms with Gasteiger partial charge in [-0.05, 0) is 58.1 Å². The molecule has 2 aliphatic rings. The Morgan fingerprint density at radius 1 is 1.29 bits per heavy atom. The first-order chi connectivity index (χ1) is 9.90. The Morgan fingerprint density at radius 2 is 2.00 bits per heavy atom. The molecular formula is C17H24N2O2. The predicted octanol–water partition coefficient (Wildman–Crippen LogP) is 3.30. The Hall–Kier alpha value is -1.58. The molecule has 1 aromatic rings. The van der Waals surface area contributed by atoms with Crippen molar-refractivity contribution in [3.05, 3.63) is 29.6 Å². The molecule has 0 bridgehead atoms. The van der Waals surface area contributed by atoms with Crippen LogP contribution in [-0.2, 0) is 16.6 Å². The molecule has 2 heterocycles. The number of likely N-dealkylation sites (tertiary alicyclic amines) is 1. The number of amides is 1. The summed E-state index contributed by atoms with van der Waals surface area (Å²) in [6.07, 6.45) is 5.99. The molecular weight excluding hydrogens is 264 g/mol. The molecule has 1 aromatic heterocycles. The SMILES string of the molecule is CC(C)(C)OC(=O)N1CCC2(CCc3cccnc32)CC1. The number of rotatable bonds is 0. The van der Waals surface area contributed by atoms with E-state index < -0.39 is 5.60 Å². The van der Waals surface area contributed by atoms with E-state index >= 15 is 0 Å². The average Bonchev–Trinajstić information content (AvgIpc) is 2.77. The molecule has 4 nitrogen and oxygen atoms in total. The average molecular weight is 288 g/mol. The number of aryl methyl sites for hydroxylation is 1. The molecule has 0 N–H and O–H groups in total. The fraction of sp³-hybridized carbons (Fsp3) is 0.647. The van der Waals surface area contributed by atoms with E-state index in [9.17, 15) is 4.79 Å². The van der Waals surface area contributed by atoms with E-state index in [0.717, 1.165) is 32.4 Å². The summed E-state index contributed by atoms with van der Waals surface area (Å²) in [6.45, 7) is 7.27. The second-order valence-electron chi connectivity index (χ2n) is 7.26. The normalized spacial score (nSPS) is 20.4. The second-order valence-corrected chi connectivity index (χ2v) is 7.26. The molecule has 1 aliphatic heterocycles. The van der Waals surface area contributed by atoms with Crippen LogP contribution in [0.2, 0.25) is 0 Å². The largest absolute Gasteiger partial charge is 0.444 e. The van der Waals surface area contributed by atoms with Crippen LogP contribution < -0.4 is 0 Å². The lowest BCUT2D eigenvalue weighted by molar-refractivity contribution is 0.0162. The summed E-state index contributed by atoms with van der Waals surface area (Å²) in [4.78, 5) is 18.6. The summed E-state index contributed by atoms with van der Waals surface area (Å²) >= 11 is 0. The highest BCUT2D eigenvalue weighted by atomic mass is 16.6. The number of carbonyl (C=O) groups excluding carboxylic acids is 1. The summed E-state index contributed by atoms with van der Waals surface area (Å²) in [5, 5.41) is 0. The zero-order valence-electron chi connectivity index (χ0n) is 13.2. The van der Waals surface area contributed by atoms with Gasteiger partial charge in [0.25, 0.3) is 0 Å². The Morgan fingerprint density at radius 3 is 2.67 bits per heavy atom. The topological polar surface area (TPSA) is 42.4 Å². The third-order valence-corrected chi connectivity index (χ3v) is 4.64. The van der Waals surface area contributed by atoms with Crippen molar-refractivity contribution in [1.29, 1.82) is 0 Å². The molecule has 3 rings (SSSR count). The molecule has 0 unspecified atom stereocenters. The van der Waals surface area contributed by atoms with Gasteiger partial charge in [-0.1, -0.05) is 6.07 Å². The fourth-order valence-electron chi connectivity index (χ4n) is 3.54. The molecule has 0 atom stereocenters. The lowest BCUT2D eigenvalue weighted by Crippen LogP contribution is -2.46. The predicted molar refractivity (Wildman–Crippen MR) is 81.3 cm³/mol. The summed E-state index contributed by atoms with van der Waals surface area (Å²) in [5.74, 6) is 0. The zero-order chi connectivity index (χ0) is 15.1. The molecule has 1 saturated heterocycles. The summed E-state index contributed by atoms with van der Waals surface area (Å²) in [7, 11) is 0. The number of ether oxygens (including phenoxy) is 1. The number of hydrogen-bond donors (Lipinski definition) is 0. The monoisotopic (exact) mass is 288 g/mol. The third-order valence-electron chi connectivity index (χ3n) is 4.64. The first-order valence-electron chi connectivity index (χ1n) is 7.82. The van der Waals surface area contributed by atoms with E-state index in [2.05, 4.69) is 11.1 Å². The highest BCUT2D eigenvalue weighted by molar-refractivity contribution is 5.68. The number of carbonyl (C=O) groups is 1. The second kappa shape index (κ2) is 5.00. The van der Waals surface area contributed by atoms with Crippen LogP contribution in [0.3, 0.4) is 0 Å².